The Morgan fingerprint density at radius 1 is 0.917 bits per heavy atom. The van der Waals surface area contributed by atoms with E-state index in [0.717, 1.165) is 16.0 Å². The van der Waals surface area contributed by atoms with Gasteiger partial charge in [-0.1, -0.05) is 85.0 Å². The first kappa shape index (κ1) is 28.4. The number of benzene rings is 3. The van der Waals surface area contributed by atoms with Crippen LogP contribution in [0.3, 0.4) is 0 Å². The van der Waals surface area contributed by atoms with Crippen LogP contribution in [0.2, 0.25) is 15.1 Å². The number of nitrogens with zero attached hydrogens (tertiary/aromatic N) is 1. The van der Waals surface area contributed by atoms with Gasteiger partial charge in [-0.2, -0.15) is 0 Å². The highest BCUT2D eigenvalue weighted by molar-refractivity contribution is 8.00. The first-order valence-electron chi connectivity index (χ1n) is 11.7. The number of hydrogen-bond acceptors (Lipinski definition) is 3. The molecule has 3 aromatic rings. The fourth-order valence-corrected chi connectivity index (χ4v) is 4.95. The first-order chi connectivity index (χ1) is 17.2. The maximum atomic E-state index is 13.7. The molecule has 190 valence electrons. The molecule has 0 radical (unpaired) electrons. The van der Waals surface area contributed by atoms with Crippen LogP contribution in [-0.4, -0.2) is 35.1 Å². The molecular weight excluding hydrogens is 535 g/mol. The van der Waals surface area contributed by atoms with E-state index in [0.29, 0.717) is 28.0 Å². The van der Waals surface area contributed by atoms with Gasteiger partial charge in [0.05, 0.1) is 5.75 Å². The molecule has 1 atom stereocenters. The number of nitrogens with one attached hydrogen (secondary N) is 1. The lowest BCUT2D eigenvalue weighted by molar-refractivity contribution is -0.139. The van der Waals surface area contributed by atoms with Crippen LogP contribution in [0.4, 0.5) is 0 Å². The minimum Gasteiger partial charge on any atom is -0.354 e. The highest BCUT2D eigenvalue weighted by Gasteiger charge is 2.31. The number of carbonyl (C=O) groups excluding carboxylic acids is 2. The molecule has 0 aliphatic heterocycles. The second kappa shape index (κ2) is 13.9. The van der Waals surface area contributed by atoms with Gasteiger partial charge >= 0.3 is 0 Å². The van der Waals surface area contributed by atoms with E-state index in [1.165, 1.54) is 11.8 Å². The summed E-state index contributed by atoms with van der Waals surface area (Å²) in [5.41, 5.74) is 1.69. The molecule has 3 rings (SSSR count). The summed E-state index contributed by atoms with van der Waals surface area (Å²) >= 11 is 20.0. The first-order valence-corrected chi connectivity index (χ1v) is 13.8. The monoisotopic (exact) mass is 562 g/mol. The van der Waals surface area contributed by atoms with Gasteiger partial charge in [-0.15, -0.1) is 11.8 Å². The third-order valence-corrected chi connectivity index (χ3v) is 7.32. The molecule has 4 nitrogen and oxygen atoms in total. The van der Waals surface area contributed by atoms with Gasteiger partial charge in [0, 0.05) is 39.5 Å². The fourth-order valence-electron chi connectivity index (χ4n) is 3.57. The van der Waals surface area contributed by atoms with Gasteiger partial charge in [0.1, 0.15) is 6.04 Å². The molecule has 0 aromatic heterocycles. The molecule has 0 aliphatic rings. The van der Waals surface area contributed by atoms with Crippen molar-refractivity contribution in [3.63, 3.8) is 0 Å². The number of thioether (sulfide) groups is 1. The quantitative estimate of drug-likeness (QED) is 0.252. The second-order valence-corrected chi connectivity index (χ2v) is 11.2. The summed E-state index contributed by atoms with van der Waals surface area (Å²) in [6.45, 7) is 4.77. The van der Waals surface area contributed by atoms with E-state index in [2.05, 4.69) is 5.32 Å². The third-order valence-electron chi connectivity index (χ3n) is 5.49. The van der Waals surface area contributed by atoms with Crippen LogP contribution in [0.1, 0.15) is 25.0 Å². The average molecular weight is 564 g/mol. The number of halogens is 3. The summed E-state index contributed by atoms with van der Waals surface area (Å²) in [7, 11) is 0. The lowest BCUT2D eigenvalue weighted by Crippen LogP contribution is -2.51. The van der Waals surface area contributed by atoms with E-state index in [-0.39, 0.29) is 30.0 Å². The van der Waals surface area contributed by atoms with Crippen molar-refractivity contribution in [3.05, 3.63) is 99.0 Å². The summed E-state index contributed by atoms with van der Waals surface area (Å²) in [6, 6.07) is 21.5. The molecule has 0 fully saturated rings. The van der Waals surface area contributed by atoms with Crippen molar-refractivity contribution in [1.82, 2.24) is 10.2 Å². The minimum atomic E-state index is -0.712. The Morgan fingerprint density at radius 3 is 2.22 bits per heavy atom. The van der Waals surface area contributed by atoms with Gasteiger partial charge in [0.15, 0.2) is 0 Å². The Balaban J connectivity index is 1.92. The van der Waals surface area contributed by atoms with Gasteiger partial charge in [0.25, 0.3) is 0 Å². The lowest BCUT2D eigenvalue weighted by atomic mass is 10.0. The smallest absolute Gasteiger partial charge is 0.243 e. The lowest BCUT2D eigenvalue weighted by Gasteiger charge is -2.32. The molecule has 36 heavy (non-hydrogen) atoms. The summed E-state index contributed by atoms with van der Waals surface area (Å²) in [4.78, 5) is 29.7. The van der Waals surface area contributed by atoms with Crippen molar-refractivity contribution >= 4 is 58.4 Å². The highest BCUT2D eigenvalue weighted by atomic mass is 35.5. The van der Waals surface area contributed by atoms with E-state index in [1.807, 2.05) is 56.3 Å². The SMILES string of the molecule is CC(C)CNC(=O)[C@@H](Cc1ccccc1)N(Cc1ccc(Cl)cc1Cl)C(=O)CSc1ccc(Cl)cc1. The molecule has 0 bridgehead atoms. The Bertz CT molecular complexity index is 1160. The van der Waals surface area contributed by atoms with Crippen molar-refractivity contribution in [1.29, 1.82) is 0 Å². The molecule has 2 amide bonds. The number of amides is 2. The van der Waals surface area contributed by atoms with Crippen molar-refractivity contribution in [3.8, 4) is 0 Å². The van der Waals surface area contributed by atoms with Crippen molar-refractivity contribution in [2.45, 2.75) is 37.8 Å². The molecule has 0 aliphatic carbocycles. The van der Waals surface area contributed by atoms with E-state index < -0.39 is 6.04 Å². The maximum Gasteiger partial charge on any atom is 0.243 e. The molecule has 0 saturated carbocycles. The van der Waals surface area contributed by atoms with E-state index in [1.54, 1.807) is 35.2 Å². The Labute approximate surface area is 232 Å². The molecule has 0 heterocycles. The van der Waals surface area contributed by atoms with Gasteiger partial charge in [-0.05, 0) is 53.4 Å². The largest absolute Gasteiger partial charge is 0.354 e. The predicted molar refractivity (Wildman–Crippen MR) is 151 cm³/mol. The average Bonchev–Trinajstić information content (AvgIpc) is 2.86. The normalized spacial score (nSPS) is 11.8. The van der Waals surface area contributed by atoms with Crippen molar-refractivity contribution in [2.75, 3.05) is 12.3 Å². The number of rotatable bonds is 11. The molecule has 8 heteroatoms. The molecule has 0 saturated heterocycles. The Kier molecular flexibility index (Phi) is 11.0. The summed E-state index contributed by atoms with van der Waals surface area (Å²) < 4.78 is 0. The zero-order chi connectivity index (χ0) is 26.1. The molecule has 0 spiro atoms. The van der Waals surface area contributed by atoms with Crippen molar-refractivity contribution < 1.29 is 9.59 Å². The summed E-state index contributed by atoms with van der Waals surface area (Å²) in [5.74, 6) is 0.0843. The molecule has 0 unspecified atom stereocenters. The minimum absolute atomic E-state index is 0.162. The fraction of sp³-hybridized carbons (Fsp3) is 0.286. The van der Waals surface area contributed by atoms with Gasteiger partial charge in [-0.3, -0.25) is 9.59 Å². The Morgan fingerprint density at radius 2 is 1.58 bits per heavy atom. The van der Waals surface area contributed by atoms with Gasteiger partial charge in [0.2, 0.25) is 11.8 Å². The topological polar surface area (TPSA) is 49.4 Å². The van der Waals surface area contributed by atoms with Crippen LogP contribution in [-0.2, 0) is 22.6 Å². The van der Waals surface area contributed by atoms with Crippen molar-refractivity contribution in [2.24, 2.45) is 5.92 Å². The van der Waals surface area contributed by atoms with Crippen LogP contribution in [0.25, 0.3) is 0 Å². The maximum absolute atomic E-state index is 13.7. The van der Waals surface area contributed by atoms with E-state index in [9.17, 15) is 9.59 Å². The number of hydrogen-bond donors (Lipinski definition) is 1. The summed E-state index contributed by atoms with van der Waals surface area (Å²) in [6.07, 6.45) is 0.382. The van der Waals surface area contributed by atoms with Crippen LogP contribution < -0.4 is 5.32 Å². The zero-order valence-electron chi connectivity index (χ0n) is 20.2. The second-order valence-electron chi connectivity index (χ2n) is 8.84. The third kappa shape index (κ3) is 8.74. The number of carbonyl (C=O) groups is 2. The van der Waals surface area contributed by atoms with E-state index >= 15 is 0 Å². The van der Waals surface area contributed by atoms with E-state index in [4.69, 9.17) is 34.8 Å². The molecular formula is C28H29Cl3N2O2S. The van der Waals surface area contributed by atoms with Crippen LogP contribution in [0.5, 0.6) is 0 Å². The molecule has 1 N–H and O–H groups in total. The van der Waals surface area contributed by atoms with Gasteiger partial charge < -0.3 is 10.2 Å². The summed E-state index contributed by atoms with van der Waals surface area (Å²) in [5, 5.41) is 4.61. The standard InChI is InChI=1S/C28H29Cl3N2O2S/c1-19(2)16-32-28(35)26(14-20-6-4-3-5-7-20)33(17-21-8-9-23(30)15-25(21)31)27(34)18-36-24-12-10-22(29)11-13-24/h3-13,15,19,26H,14,16-18H2,1-2H3,(H,32,35)/t26-/m1/s1. The van der Waals surface area contributed by atoms with Crippen LogP contribution >= 0.6 is 46.6 Å². The zero-order valence-corrected chi connectivity index (χ0v) is 23.3. The highest BCUT2D eigenvalue weighted by Crippen LogP contribution is 2.26. The predicted octanol–water partition coefficient (Wildman–Crippen LogP) is 7.15. The van der Waals surface area contributed by atoms with Crippen LogP contribution in [0.15, 0.2) is 77.7 Å². The Hall–Kier alpha value is -2.18. The van der Waals surface area contributed by atoms with Gasteiger partial charge in [-0.25, -0.2) is 0 Å². The van der Waals surface area contributed by atoms with Crippen LogP contribution in [0, 0.1) is 5.92 Å². The molecule has 3 aromatic carbocycles.